The molecule has 0 aliphatic heterocycles. The van der Waals surface area contributed by atoms with Gasteiger partial charge in [0.25, 0.3) is 0 Å². The molecule has 6 nitrogen and oxygen atoms in total. The van der Waals surface area contributed by atoms with Crippen LogP contribution in [0.2, 0.25) is 0 Å². The van der Waals surface area contributed by atoms with Crippen LogP contribution in [0.4, 0.5) is 0 Å². The number of aromatic nitrogens is 4. The number of para-hydroxylation sites is 2. The van der Waals surface area contributed by atoms with Crippen molar-refractivity contribution in [1.82, 2.24) is 19.5 Å². The molecule has 11 rings (SSSR count). The van der Waals surface area contributed by atoms with Crippen molar-refractivity contribution in [2.75, 3.05) is 0 Å². The van der Waals surface area contributed by atoms with Gasteiger partial charge in [-0.3, -0.25) is 0 Å². The van der Waals surface area contributed by atoms with E-state index in [2.05, 4.69) is 83.4 Å². The van der Waals surface area contributed by atoms with Crippen LogP contribution in [0.25, 0.3) is 106 Å². The van der Waals surface area contributed by atoms with Gasteiger partial charge in [-0.1, -0.05) is 109 Å². The lowest BCUT2D eigenvalue weighted by atomic mass is 10.0. The molecule has 0 unspecified atom stereocenters. The zero-order valence-electron chi connectivity index (χ0n) is 27.1. The number of fused-ring (bicyclic) bond motifs is 10. The first-order valence-corrected chi connectivity index (χ1v) is 16.9. The molecular weight excluding hydrogens is 629 g/mol. The van der Waals surface area contributed by atoms with Gasteiger partial charge in [-0.25, -0.2) is 15.0 Å². The molecule has 0 atom stereocenters. The molecule has 0 aliphatic rings. The average molecular weight is 655 g/mol. The van der Waals surface area contributed by atoms with E-state index in [4.69, 9.17) is 23.8 Å². The Bertz CT molecular complexity index is 3030. The lowest BCUT2D eigenvalue weighted by Crippen LogP contribution is -2.00. The van der Waals surface area contributed by atoms with Crippen LogP contribution in [0.1, 0.15) is 0 Å². The normalized spacial score (nSPS) is 11.9. The van der Waals surface area contributed by atoms with Crippen molar-refractivity contribution in [1.29, 1.82) is 0 Å². The average Bonchev–Trinajstić information content (AvgIpc) is 3.87. The van der Waals surface area contributed by atoms with Crippen LogP contribution in [0, 0.1) is 0 Å². The summed E-state index contributed by atoms with van der Waals surface area (Å²) in [5.41, 5.74) is 9.21. The van der Waals surface area contributed by atoms with E-state index in [9.17, 15) is 0 Å². The Hall–Kier alpha value is -7.05. The first kappa shape index (κ1) is 27.9. The molecule has 0 bridgehead atoms. The summed E-state index contributed by atoms with van der Waals surface area (Å²) in [4.78, 5) is 15.0. The minimum Gasteiger partial charge on any atom is -0.456 e. The maximum atomic E-state index is 6.76. The standard InChI is InChI=1S/C45H26N4O2/c1-3-12-27(13-4-1)43-46-44(28-14-5-2-6-15-28)48-45(47-43)33-18-11-21-38-40(33)32-23-25-39-41(42(32)51-38)34-26-29(22-24-37(34)50-39)49-35-19-9-7-16-30(35)31-17-8-10-20-36(31)49/h1-26H. The summed E-state index contributed by atoms with van der Waals surface area (Å²) in [5, 5.41) is 6.31. The lowest BCUT2D eigenvalue weighted by Gasteiger charge is -2.09. The molecule has 0 spiro atoms. The molecule has 0 saturated carbocycles. The molecule has 51 heavy (non-hydrogen) atoms. The van der Waals surface area contributed by atoms with Crippen molar-refractivity contribution < 1.29 is 8.83 Å². The van der Waals surface area contributed by atoms with Gasteiger partial charge in [0.15, 0.2) is 17.5 Å². The summed E-state index contributed by atoms with van der Waals surface area (Å²) in [7, 11) is 0. The summed E-state index contributed by atoms with van der Waals surface area (Å²) in [6, 6.07) is 53.8. The Morgan fingerprint density at radius 1 is 0.392 bits per heavy atom. The zero-order chi connectivity index (χ0) is 33.5. The van der Waals surface area contributed by atoms with E-state index < -0.39 is 0 Å². The van der Waals surface area contributed by atoms with Gasteiger partial charge in [0, 0.05) is 49.3 Å². The third-order valence-electron chi connectivity index (χ3n) is 9.86. The van der Waals surface area contributed by atoms with Crippen molar-refractivity contribution >= 4 is 65.7 Å². The van der Waals surface area contributed by atoms with Crippen LogP contribution >= 0.6 is 0 Å². The van der Waals surface area contributed by atoms with Crippen LogP contribution in [0.15, 0.2) is 167 Å². The number of rotatable bonds is 4. The van der Waals surface area contributed by atoms with Gasteiger partial charge in [-0.05, 0) is 48.5 Å². The molecule has 0 amide bonds. The topological polar surface area (TPSA) is 69.9 Å². The van der Waals surface area contributed by atoms with Crippen molar-refractivity contribution in [2.24, 2.45) is 0 Å². The minimum absolute atomic E-state index is 0.585. The van der Waals surface area contributed by atoms with E-state index in [-0.39, 0.29) is 0 Å². The van der Waals surface area contributed by atoms with Gasteiger partial charge in [0.2, 0.25) is 0 Å². The van der Waals surface area contributed by atoms with Gasteiger partial charge >= 0.3 is 0 Å². The van der Waals surface area contributed by atoms with E-state index in [0.717, 1.165) is 77.3 Å². The largest absolute Gasteiger partial charge is 0.456 e. The third-order valence-corrected chi connectivity index (χ3v) is 9.86. The zero-order valence-corrected chi connectivity index (χ0v) is 27.1. The van der Waals surface area contributed by atoms with Crippen LogP contribution in [0.5, 0.6) is 0 Å². The van der Waals surface area contributed by atoms with E-state index in [1.54, 1.807) is 0 Å². The Labute approximate surface area is 290 Å². The van der Waals surface area contributed by atoms with Gasteiger partial charge in [-0.15, -0.1) is 0 Å². The second-order valence-electron chi connectivity index (χ2n) is 12.8. The number of benzene rings is 7. The molecule has 0 radical (unpaired) electrons. The van der Waals surface area contributed by atoms with E-state index in [1.807, 2.05) is 78.9 Å². The Kier molecular flexibility index (Phi) is 5.86. The molecular formula is C45H26N4O2. The van der Waals surface area contributed by atoms with Crippen LogP contribution in [-0.2, 0) is 0 Å². The van der Waals surface area contributed by atoms with Gasteiger partial charge in [0.05, 0.1) is 16.4 Å². The summed E-state index contributed by atoms with van der Waals surface area (Å²) in [5.74, 6) is 1.82. The van der Waals surface area contributed by atoms with Crippen LogP contribution in [-0.4, -0.2) is 19.5 Å². The second kappa shape index (κ2) is 10.7. The molecule has 0 saturated heterocycles. The van der Waals surface area contributed by atoms with E-state index in [1.165, 1.54) is 10.8 Å². The van der Waals surface area contributed by atoms with Gasteiger partial charge in [0.1, 0.15) is 22.3 Å². The molecule has 11 aromatic rings. The molecule has 7 aromatic carbocycles. The summed E-state index contributed by atoms with van der Waals surface area (Å²) < 4.78 is 15.5. The SMILES string of the molecule is c1ccc(-c2nc(-c3ccccc3)nc(-c3cccc4oc5c(ccc6oc7ccc(-n8c9ccccc9c9ccccc98)cc7c65)c34)n2)cc1. The first-order chi connectivity index (χ1) is 25.3. The highest BCUT2D eigenvalue weighted by molar-refractivity contribution is 6.24. The molecule has 0 fully saturated rings. The quantitative estimate of drug-likeness (QED) is 0.189. The van der Waals surface area contributed by atoms with E-state index >= 15 is 0 Å². The van der Waals surface area contributed by atoms with Gasteiger partial charge < -0.3 is 13.4 Å². The molecule has 0 N–H and O–H groups in total. The molecule has 6 heteroatoms. The highest BCUT2D eigenvalue weighted by atomic mass is 16.3. The highest BCUT2D eigenvalue weighted by Crippen LogP contribution is 2.43. The molecule has 0 aliphatic carbocycles. The molecule has 4 aromatic heterocycles. The van der Waals surface area contributed by atoms with Crippen molar-refractivity contribution in [2.45, 2.75) is 0 Å². The monoisotopic (exact) mass is 654 g/mol. The third kappa shape index (κ3) is 4.20. The fourth-order valence-corrected chi connectivity index (χ4v) is 7.59. The lowest BCUT2D eigenvalue weighted by molar-refractivity contribution is 0.663. The molecule has 238 valence electrons. The maximum Gasteiger partial charge on any atom is 0.164 e. The Morgan fingerprint density at radius 3 is 1.67 bits per heavy atom. The number of furan rings is 2. The fraction of sp³-hybridized carbons (Fsp3) is 0. The second-order valence-corrected chi connectivity index (χ2v) is 12.8. The Morgan fingerprint density at radius 2 is 0.980 bits per heavy atom. The molecule has 4 heterocycles. The van der Waals surface area contributed by atoms with Gasteiger partial charge in [-0.2, -0.15) is 0 Å². The van der Waals surface area contributed by atoms with Crippen LogP contribution < -0.4 is 0 Å². The predicted octanol–water partition coefficient (Wildman–Crippen LogP) is 11.8. The first-order valence-electron chi connectivity index (χ1n) is 16.9. The smallest absolute Gasteiger partial charge is 0.164 e. The van der Waals surface area contributed by atoms with Crippen molar-refractivity contribution in [3.8, 4) is 39.9 Å². The van der Waals surface area contributed by atoms with E-state index in [0.29, 0.717) is 17.5 Å². The highest BCUT2D eigenvalue weighted by Gasteiger charge is 2.22. The summed E-state index contributed by atoms with van der Waals surface area (Å²) >= 11 is 0. The van der Waals surface area contributed by atoms with Crippen molar-refractivity contribution in [3.05, 3.63) is 158 Å². The maximum absolute atomic E-state index is 6.76. The van der Waals surface area contributed by atoms with Crippen molar-refractivity contribution in [3.63, 3.8) is 0 Å². The summed E-state index contributed by atoms with van der Waals surface area (Å²) in [6.07, 6.45) is 0. The number of hydrogen-bond acceptors (Lipinski definition) is 5. The number of hydrogen-bond donors (Lipinski definition) is 0. The fourth-order valence-electron chi connectivity index (χ4n) is 7.59. The Balaban J connectivity index is 1.16. The predicted molar refractivity (Wildman–Crippen MR) is 205 cm³/mol. The number of nitrogens with zero attached hydrogens (tertiary/aromatic N) is 4. The summed E-state index contributed by atoms with van der Waals surface area (Å²) in [6.45, 7) is 0. The van der Waals surface area contributed by atoms with Crippen LogP contribution in [0.3, 0.4) is 0 Å². The minimum atomic E-state index is 0.585.